The van der Waals surface area contributed by atoms with Crippen LogP contribution in [0.25, 0.3) is 0 Å². The Labute approximate surface area is 201 Å². The molecule has 4 aliphatic carbocycles. The van der Waals surface area contributed by atoms with Crippen LogP contribution in [0.1, 0.15) is 12.8 Å². The molecule has 0 spiro atoms. The van der Waals surface area contributed by atoms with Crippen molar-refractivity contribution in [1.29, 1.82) is 0 Å². The molecule has 4 heteroatoms. The zero-order valence-corrected chi connectivity index (χ0v) is 22.0. The molecule has 0 aromatic carbocycles. The summed E-state index contributed by atoms with van der Waals surface area (Å²) < 4.78 is 0. The van der Waals surface area contributed by atoms with Gasteiger partial charge in [-0.15, -0.1) is 72.4 Å². The molecule has 0 fully saturated rings. The summed E-state index contributed by atoms with van der Waals surface area (Å²) in [6.07, 6.45) is 37.5. The van der Waals surface area contributed by atoms with E-state index in [1.807, 2.05) is 43.3 Å². The fraction of sp³-hybridized carbons (Fsp3) is 0.0833. The standard InChI is InChI=1S/2C11H9.2CH3.2ClH.H2Si.Zr/c2*1-2-4-7-11-9-5-8-10(11)6-3-1;;;;;;/h2*1-6,8H,9H2;2*1H3;2*1H;1H2;/q4*-1;;;;. The fourth-order valence-electron chi connectivity index (χ4n) is 2.50. The van der Waals surface area contributed by atoms with Crippen molar-refractivity contribution in [2.45, 2.75) is 12.8 Å². The van der Waals surface area contributed by atoms with Crippen molar-refractivity contribution >= 4 is 31.7 Å². The molecule has 4 rings (SSSR count). The number of hydrogen-bond donors (Lipinski definition) is 0. The molecule has 0 bridgehead atoms. The molecule has 28 heavy (non-hydrogen) atoms. The van der Waals surface area contributed by atoms with Crippen LogP contribution < -0.4 is 0 Å². The van der Waals surface area contributed by atoms with Gasteiger partial charge in [-0.3, -0.25) is 0 Å². The van der Waals surface area contributed by atoms with E-state index in [1.54, 1.807) is 23.3 Å². The maximum atomic E-state index is 3.24. The van der Waals surface area contributed by atoms with E-state index in [0.717, 1.165) is 12.8 Å². The summed E-state index contributed by atoms with van der Waals surface area (Å²) in [5, 5.41) is 0. The second kappa shape index (κ2) is 19.4. The molecule has 0 atom stereocenters. The monoisotopic (exact) mass is 504 g/mol. The molecule has 0 saturated carbocycles. The van der Waals surface area contributed by atoms with E-state index < -0.39 is 0 Å². The van der Waals surface area contributed by atoms with Crippen LogP contribution in [-0.4, -0.2) is 6.88 Å². The van der Waals surface area contributed by atoms with Crippen LogP contribution in [0.4, 0.5) is 0 Å². The van der Waals surface area contributed by atoms with Crippen molar-refractivity contribution in [3.8, 4) is 0 Å². The predicted molar refractivity (Wildman–Crippen MR) is 130 cm³/mol. The molecule has 0 unspecified atom stereocenters. The average molecular weight is 507 g/mol. The zero-order chi connectivity index (χ0) is 17.0. The van der Waals surface area contributed by atoms with Crippen molar-refractivity contribution in [3.63, 3.8) is 0 Å². The minimum absolute atomic E-state index is 0. The van der Waals surface area contributed by atoms with Crippen LogP contribution >= 0.6 is 24.8 Å². The molecule has 0 amide bonds. The Balaban J connectivity index is -0.000000363. The van der Waals surface area contributed by atoms with Gasteiger partial charge in [0.15, 0.2) is 0 Å². The Bertz CT molecular complexity index is 693. The molecule has 0 radical (unpaired) electrons. The van der Waals surface area contributed by atoms with Crippen LogP contribution in [0, 0.1) is 27.0 Å². The number of allylic oxidation sites excluding steroid dienone is 20. The van der Waals surface area contributed by atoms with Crippen LogP contribution in [0.2, 0.25) is 0 Å². The summed E-state index contributed by atoms with van der Waals surface area (Å²) in [4.78, 5) is 0. The third-order valence-electron chi connectivity index (χ3n) is 3.64. The Morgan fingerprint density at radius 1 is 0.643 bits per heavy atom. The van der Waals surface area contributed by atoms with Gasteiger partial charge >= 0.3 is 30.2 Å². The Kier molecular flexibility index (Phi) is 22.0. The third-order valence-corrected chi connectivity index (χ3v) is 3.64. The fourth-order valence-corrected chi connectivity index (χ4v) is 2.50. The zero-order valence-electron chi connectivity index (χ0n) is 16.5. The third kappa shape index (κ3) is 10.6. The van der Waals surface area contributed by atoms with Gasteiger partial charge in [-0.2, -0.15) is 47.6 Å². The summed E-state index contributed by atoms with van der Waals surface area (Å²) in [7, 11) is 0. The first-order valence-corrected chi connectivity index (χ1v) is 13.9. The van der Waals surface area contributed by atoms with Crippen molar-refractivity contribution in [2.75, 3.05) is 0 Å². The Morgan fingerprint density at radius 3 is 1.43 bits per heavy atom. The SMILES string of the molecule is Cl.Cl.[C-]1=C2CC=CC2=CC=CC=C1.[C-]1=C2CC=CC2=CC=CC=C1.[CH3-].[CH3-].[SiH2]=[Zr]. The molecular weight excluding hydrogens is 478 g/mol. The van der Waals surface area contributed by atoms with Crippen LogP contribution in [0.15, 0.2) is 107 Å². The molecule has 4 aliphatic rings. The van der Waals surface area contributed by atoms with E-state index in [-0.39, 0.29) is 39.7 Å². The van der Waals surface area contributed by atoms with E-state index in [4.69, 9.17) is 0 Å². The number of fused-ring (bicyclic) bond motifs is 2. The topological polar surface area (TPSA) is 0 Å². The molecule has 0 saturated heterocycles. The van der Waals surface area contributed by atoms with Gasteiger partial charge in [-0.05, 0) is 12.8 Å². The first-order valence-electron chi connectivity index (χ1n) is 7.94. The van der Waals surface area contributed by atoms with Gasteiger partial charge in [0, 0.05) is 0 Å². The molecule has 0 aromatic heterocycles. The molecule has 0 N–H and O–H groups in total. The van der Waals surface area contributed by atoms with Gasteiger partial charge < -0.3 is 14.9 Å². The van der Waals surface area contributed by atoms with Crippen molar-refractivity contribution < 1.29 is 23.3 Å². The first-order chi connectivity index (χ1) is 11.9. The van der Waals surface area contributed by atoms with E-state index in [1.165, 1.54) is 22.3 Å². The summed E-state index contributed by atoms with van der Waals surface area (Å²) in [6, 6.07) is 0. The predicted octanol–water partition coefficient (Wildman–Crippen LogP) is 6.28. The first kappa shape index (κ1) is 31.8. The summed E-state index contributed by atoms with van der Waals surface area (Å²) >= 11 is 1.58. The van der Waals surface area contributed by atoms with E-state index in [2.05, 4.69) is 60.8 Å². The van der Waals surface area contributed by atoms with E-state index in [0.29, 0.717) is 0 Å². The molecule has 0 aliphatic heterocycles. The Morgan fingerprint density at radius 2 is 1.04 bits per heavy atom. The summed E-state index contributed by atoms with van der Waals surface area (Å²) in [5.74, 6) is 0. The number of hydrogen-bond acceptors (Lipinski definition) is 0. The van der Waals surface area contributed by atoms with Crippen molar-refractivity contribution in [1.82, 2.24) is 0 Å². The van der Waals surface area contributed by atoms with Gasteiger partial charge in [0.1, 0.15) is 0 Å². The second-order valence-corrected chi connectivity index (χ2v) is 5.19. The minimum atomic E-state index is 0. The molecule has 0 aromatic rings. The van der Waals surface area contributed by atoms with Crippen LogP contribution in [0.5, 0.6) is 0 Å². The van der Waals surface area contributed by atoms with Crippen LogP contribution in [-0.2, 0) is 23.3 Å². The summed E-state index contributed by atoms with van der Waals surface area (Å²) in [6.45, 7) is 1.95. The van der Waals surface area contributed by atoms with Crippen molar-refractivity contribution in [3.05, 3.63) is 134 Å². The summed E-state index contributed by atoms with van der Waals surface area (Å²) in [5.41, 5.74) is 5.19. The van der Waals surface area contributed by atoms with E-state index >= 15 is 0 Å². The van der Waals surface area contributed by atoms with Crippen LogP contribution in [0.3, 0.4) is 0 Å². The Hall–Kier alpha value is -0.920. The van der Waals surface area contributed by atoms with Gasteiger partial charge in [0.25, 0.3) is 0 Å². The number of halogens is 2. The van der Waals surface area contributed by atoms with Gasteiger partial charge in [0.05, 0.1) is 0 Å². The average Bonchev–Trinajstić information content (AvgIpc) is 3.19. The second-order valence-electron chi connectivity index (χ2n) is 5.19. The van der Waals surface area contributed by atoms with Gasteiger partial charge in [-0.1, -0.05) is 24.3 Å². The quantitative estimate of drug-likeness (QED) is 0.268. The molecule has 0 heterocycles. The normalized spacial score (nSPS) is 16.1. The maximum absolute atomic E-state index is 3.24. The molecule has 0 nitrogen and oxygen atoms in total. The van der Waals surface area contributed by atoms with E-state index in [9.17, 15) is 0 Å². The number of rotatable bonds is 0. The molecular formula is C24H28Cl2SiZr-4. The van der Waals surface area contributed by atoms with Gasteiger partial charge in [-0.25, -0.2) is 0 Å². The van der Waals surface area contributed by atoms with Crippen molar-refractivity contribution in [2.24, 2.45) is 0 Å². The van der Waals surface area contributed by atoms with Gasteiger partial charge in [0.2, 0.25) is 0 Å². The molecule has 150 valence electrons.